The number of thiazole rings is 1. The predicted molar refractivity (Wildman–Crippen MR) is 119 cm³/mol. The number of ether oxygens (including phenoxy) is 1. The van der Waals surface area contributed by atoms with Crippen molar-refractivity contribution in [1.29, 1.82) is 0 Å². The van der Waals surface area contributed by atoms with Crippen LogP contribution >= 0.6 is 11.3 Å². The van der Waals surface area contributed by atoms with E-state index in [1.165, 1.54) is 11.0 Å². The Morgan fingerprint density at radius 2 is 1.97 bits per heavy atom. The highest BCUT2D eigenvalue weighted by atomic mass is 32.2. The van der Waals surface area contributed by atoms with E-state index >= 15 is 0 Å². The number of carbonyl (C=O) groups is 2. The molecule has 1 saturated carbocycles. The molecule has 180 valence electrons. The molecule has 3 rings (SSSR count). The fourth-order valence-electron chi connectivity index (χ4n) is 3.45. The van der Waals surface area contributed by atoms with E-state index in [4.69, 9.17) is 0 Å². The SMILES string of the molecule is CCOC(=O)CNS(=O)(=O)c1cnc(NC(=O)N(CC2CCCC2)c2ccc(F)c(F)c2)s1. The maximum Gasteiger partial charge on any atom is 0.328 e. The van der Waals surface area contributed by atoms with Gasteiger partial charge in [0.15, 0.2) is 21.0 Å². The van der Waals surface area contributed by atoms with Gasteiger partial charge in [0.05, 0.1) is 12.8 Å². The third-order valence-electron chi connectivity index (χ3n) is 5.05. The fourth-order valence-corrected chi connectivity index (χ4v) is 5.48. The molecule has 1 aromatic heterocycles. The van der Waals surface area contributed by atoms with Gasteiger partial charge in [0.25, 0.3) is 10.0 Å². The van der Waals surface area contributed by atoms with E-state index in [9.17, 15) is 26.8 Å². The highest BCUT2D eigenvalue weighted by Gasteiger charge is 2.26. The van der Waals surface area contributed by atoms with Crippen LogP contribution in [0.1, 0.15) is 32.6 Å². The standard InChI is InChI=1S/C20H24F2N4O5S2/c1-2-31-17(27)10-24-33(29,30)18-11-23-19(32-18)25-20(28)26(12-13-5-3-4-6-13)14-7-8-15(21)16(22)9-14/h7-9,11,13,24H,2-6,10,12H2,1H3,(H,23,25,28). The molecular formula is C20H24F2N4O5S2. The van der Waals surface area contributed by atoms with Crippen molar-refractivity contribution in [2.24, 2.45) is 5.92 Å². The number of hydrogen-bond acceptors (Lipinski definition) is 7. The number of nitrogens with one attached hydrogen (secondary N) is 2. The molecule has 0 atom stereocenters. The summed E-state index contributed by atoms with van der Waals surface area (Å²) in [6.07, 6.45) is 4.94. The van der Waals surface area contributed by atoms with Gasteiger partial charge in [0.2, 0.25) is 0 Å². The van der Waals surface area contributed by atoms with Gasteiger partial charge in [0, 0.05) is 18.3 Å². The van der Waals surface area contributed by atoms with Crippen molar-refractivity contribution in [3.63, 3.8) is 0 Å². The maximum absolute atomic E-state index is 13.8. The molecule has 1 heterocycles. The number of urea groups is 1. The van der Waals surface area contributed by atoms with Gasteiger partial charge in [-0.15, -0.1) is 0 Å². The molecule has 2 N–H and O–H groups in total. The van der Waals surface area contributed by atoms with Crippen LogP contribution in [0.2, 0.25) is 0 Å². The van der Waals surface area contributed by atoms with Gasteiger partial charge in [-0.2, -0.15) is 4.72 Å². The number of anilines is 2. The topological polar surface area (TPSA) is 118 Å². The highest BCUT2D eigenvalue weighted by molar-refractivity contribution is 7.91. The molecule has 1 fully saturated rings. The summed E-state index contributed by atoms with van der Waals surface area (Å²) in [5.74, 6) is -2.62. The quantitative estimate of drug-likeness (QED) is 0.507. The summed E-state index contributed by atoms with van der Waals surface area (Å²) < 4.78 is 58.5. The van der Waals surface area contributed by atoms with Gasteiger partial charge in [-0.25, -0.2) is 27.0 Å². The molecule has 1 aliphatic rings. The van der Waals surface area contributed by atoms with Crippen molar-refractivity contribution in [2.45, 2.75) is 36.8 Å². The number of rotatable bonds is 9. The highest BCUT2D eigenvalue weighted by Crippen LogP contribution is 2.29. The zero-order valence-corrected chi connectivity index (χ0v) is 19.5. The average Bonchev–Trinajstić information content (AvgIpc) is 3.45. The third-order valence-corrected chi connectivity index (χ3v) is 7.83. The summed E-state index contributed by atoms with van der Waals surface area (Å²) in [5.41, 5.74) is 0.179. The number of sulfonamides is 1. The molecule has 0 spiro atoms. The fraction of sp³-hybridized carbons (Fsp3) is 0.450. The number of esters is 1. The Morgan fingerprint density at radius 3 is 2.64 bits per heavy atom. The lowest BCUT2D eigenvalue weighted by Gasteiger charge is -2.25. The maximum atomic E-state index is 13.8. The van der Waals surface area contributed by atoms with E-state index in [1.54, 1.807) is 6.92 Å². The van der Waals surface area contributed by atoms with Gasteiger partial charge in [-0.05, 0) is 37.8 Å². The van der Waals surface area contributed by atoms with Gasteiger partial charge in [-0.1, -0.05) is 24.2 Å². The Hall–Kier alpha value is -2.64. The van der Waals surface area contributed by atoms with E-state index in [0.717, 1.165) is 44.0 Å². The molecule has 13 heteroatoms. The number of amides is 2. The van der Waals surface area contributed by atoms with Crippen LogP contribution in [0, 0.1) is 17.6 Å². The molecule has 0 saturated heterocycles. The second-order valence-electron chi connectivity index (χ2n) is 7.40. The molecule has 1 aliphatic carbocycles. The Morgan fingerprint density at radius 1 is 1.24 bits per heavy atom. The molecule has 0 aliphatic heterocycles. The van der Waals surface area contributed by atoms with Crippen LogP contribution in [0.15, 0.2) is 28.6 Å². The largest absolute Gasteiger partial charge is 0.465 e. The Labute approximate surface area is 194 Å². The predicted octanol–water partition coefficient (Wildman–Crippen LogP) is 3.49. The van der Waals surface area contributed by atoms with Crippen molar-refractivity contribution in [2.75, 3.05) is 29.9 Å². The van der Waals surface area contributed by atoms with Crippen molar-refractivity contribution in [1.82, 2.24) is 9.71 Å². The summed E-state index contributed by atoms with van der Waals surface area (Å²) >= 11 is 0.688. The first-order chi connectivity index (χ1) is 15.7. The second-order valence-corrected chi connectivity index (χ2v) is 10.4. The monoisotopic (exact) mass is 502 g/mol. The van der Waals surface area contributed by atoms with E-state index in [0.29, 0.717) is 17.9 Å². The number of halogens is 2. The first-order valence-corrected chi connectivity index (χ1v) is 12.6. The zero-order valence-electron chi connectivity index (χ0n) is 17.8. The lowest BCUT2D eigenvalue weighted by molar-refractivity contribution is -0.141. The molecular weight excluding hydrogens is 478 g/mol. The van der Waals surface area contributed by atoms with Crippen molar-refractivity contribution in [3.05, 3.63) is 36.0 Å². The summed E-state index contributed by atoms with van der Waals surface area (Å²) in [4.78, 5) is 29.6. The summed E-state index contributed by atoms with van der Waals surface area (Å²) in [6.45, 7) is 1.48. The van der Waals surface area contributed by atoms with Crippen LogP contribution in [0.3, 0.4) is 0 Å². The van der Waals surface area contributed by atoms with E-state index < -0.39 is 40.2 Å². The minimum Gasteiger partial charge on any atom is -0.465 e. The minimum absolute atomic E-state index is 0.00415. The summed E-state index contributed by atoms with van der Waals surface area (Å²) in [7, 11) is -4.04. The van der Waals surface area contributed by atoms with Gasteiger partial charge in [-0.3, -0.25) is 15.0 Å². The van der Waals surface area contributed by atoms with Crippen molar-refractivity contribution < 1.29 is 31.5 Å². The lowest BCUT2D eigenvalue weighted by Crippen LogP contribution is -2.38. The minimum atomic E-state index is -4.04. The van der Waals surface area contributed by atoms with Crippen LogP contribution in [0.5, 0.6) is 0 Å². The zero-order chi connectivity index (χ0) is 24.0. The van der Waals surface area contributed by atoms with Gasteiger partial charge < -0.3 is 4.74 Å². The number of benzene rings is 1. The molecule has 0 bridgehead atoms. The van der Waals surface area contributed by atoms with E-state index in [-0.39, 0.29) is 27.6 Å². The summed E-state index contributed by atoms with van der Waals surface area (Å²) in [5, 5.41) is 2.52. The third kappa shape index (κ3) is 6.68. The number of hydrogen-bond donors (Lipinski definition) is 2. The van der Waals surface area contributed by atoms with Gasteiger partial charge in [0.1, 0.15) is 6.54 Å². The Balaban J connectivity index is 1.73. The number of carbonyl (C=O) groups excluding carboxylic acids is 2. The first-order valence-electron chi connectivity index (χ1n) is 10.3. The molecule has 0 radical (unpaired) electrons. The van der Waals surface area contributed by atoms with Crippen LogP contribution < -0.4 is 14.9 Å². The van der Waals surface area contributed by atoms with Crippen LogP contribution in [-0.2, 0) is 19.6 Å². The average molecular weight is 503 g/mol. The van der Waals surface area contributed by atoms with Crippen molar-refractivity contribution in [3.8, 4) is 0 Å². The molecule has 0 unspecified atom stereocenters. The normalized spacial score (nSPS) is 14.3. The lowest BCUT2D eigenvalue weighted by atomic mass is 10.1. The number of aromatic nitrogens is 1. The smallest absolute Gasteiger partial charge is 0.328 e. The van der Waals surface area contributed by atoms with Crippen LogP contribution in [0.25, 0.3) is 0 Å². The molecule has 9 nitrogen and oxygen atoms in total. The number of nitrogens with zero attached hydrogens (tertiary/aromatic N) is 2. The first kappa shape index (κ1) is 25.0. The van der Waals surface area contributed by atoms with Gasteiger partial charge >= 0.3 is 12.0 Å². The van der Waals surface area contributed by atoms with Crippen molar-refractivity contribution >= 4 is 44.2 Å². The molecule has 2 amide bonds. The Bertz CT molecular complexity index is 1100. The second kappa shape index (κ2) is 11.0. The molecule has 1 aromatic carbocycles. The molecule has 33 heavy (non-hydrogen) atoms. The van der Waals surface area contributed by atoms with E-state index in [1.807, 2.05) is 0 Å². The van der Waals surface area contributed by atoms with E-state index in [2.05, 4.69) is 19.8 Å². The Kier molecular flexibility index (Phi) is 8.32. The van der Waals surface area contributed by atoms with Crippen LogP contribution in [0.4, 0.5) is 24.4 Å². The van der Waals surface area contributed by atoms with Crippen LogP contribution in [-0.4, -0.2) is 45.1 Å². The molecule has 2 aromatic rings. The summed E-state index contributed by atoms with van der Waals surface area (Å²) in [6, 6.07) is 2.55.